The van der Waals surface area contributed by atoms with E-state index in [1.807, 2.05) is 12.1 Å². The number of para-hydroxylation sites is 2. The number of aliphatic carboxylic acids is 1. The topological polar surface area (TPSA) is 114 Å². The van der Waals surface area contributed by atoms with Crippen LogP contribution >= 0.6 is 11.8 Å². The minimum Gasteiger partial charge on any atom is -0.478 e. The number of thioether (sulfide) groups is 1. The van der Waals surface area contributed by atoms with Crippen molar-refractivity contribution in [1.29, 1.82) is 0 Å². The minimum atomic E-state index is -1.14. The molecule has 2 aromatic carbocycles. The van der Waals surface area contributed by atoms with Crippen LogP contribution in [0.25, 0.3) is 28.5 Å². The second kappa shape index (κ2) is 7.69. The van der Waals surface area contributed by atoms with Crippen molar-refractivity contribution >= 4 is 40.9 Å². The molecular formula is C21H13NO6S. The Morgan fingerprint density at radius 2 is 1.69 bits per heavy atom. The summed E-state index contributed by atoms with van der Waals surface area (Å²) < 4.78 is 11.3. The third-order valence-corrected chi connectivity index (χ3v) is 4.86. The Kier molecular flexibility index (Phi) is 4.92. The Bertz CT molecular complexity index is 1200. The zero-order valence-corrected chi connectivity index (χ0v) is 15.6. The average molecular weight is 407 g/mol. The van der Waals surface area contributed by atoms with Crippen molar-refractivity contribution < 1.29 is 28.6 Å². The van der Waals surface area contributed by atoms with E-state index in [1.165, 1.54) is 18.2 Å². The fraction of sp³-hybridized carbons (Fsp3) is 0. The molecule has 0 saturated carbocycles. The molecule has 2 aromatic heterocycles. The van der Waals surface area contributed by atoms with Crippen LogP contribution in [0.4, 0.5) is 0 Å². The van der Waals surface area contributed by atoms with Gasteiger partial charge in [0.15, 0.2) is 5.58 Å². The highest BCUT2D eigenvalue weighted by Gasteiger charge is 2.16. The summed E-state index contributed by atoms with van der Waals surface area (Å²) >= 11 is 0.886. The Hall–Kier alpha value is -3.78. The molecular weight excluding hydrogens is 394 g/mol. The lowest BCUT2D eigenvalue weighted by atomic mass is 10.1. The van der Waals surface area contributed by atoms with Gasteiger partial charge in [-0.1, -0.05) is 24.3 Å². The molecule has 0 saturated heterocycles. The Morgan fingerprint density at radius 1 is 0.931 bits per heavy atom. The second-order valence-corrected chi connectivity index (χ2v) is 6.94. The third kappa shape index (κ3) is 4.07. The maximum Gasteiger partial charge on any atom is 0.342 e. The molecule has 2 N–H and O–H groups in total. The maximum atomic E-state index is 11.6. The number of carboxylic acids is 2. The summed E-state index contributed by atoms with van der Waals surface area (Å²) in [6.07, 6.45) is 1.39. The molecule has 0 spiro atoms. The SMILES string of the molecule is O=C(O)/C(=C\c1ccc(-c2ccc(C(=O)O)cc2)o1)Sc1nc2ccccc2o1. The number of furan rings is 1. The van der Waals surface area contributed by atoms with Crippen molar-refractivity contribution in [3.05, 3.63) is 76.9 Å². The number of aromatic carboxylic acids is 1. The first-order valence-corrected chi connectivity index (χ1v) is 9.23. The van der Waals surface area contributed by atoms with Crippen LogP contribution in [0.5, 0.6) is 0 Å². The van der Waals surface area contributed by atoms with Crippen LogP contribution in [0.3, 0.4) is 0 Å². The van der Waals surface area contributed by atoms with Crippen LogP contribution in [-0.4, -0.2) is 27.1 Å². The van der Waals surface area contributed by atoms with E-state index in [-0.39, 0.29) is 15.7 Å². The minimum absolute atomic E-state index is 0.0151. The highest BCUT2D eigenvalue weighted by atomic mass is 32.2. The highest BCUT2D eigenvalue weighted by Crippen LogP contribution is 2.32. The quantitative estimate of drug-likeness (QED) is 0.339. The molecule has 0 amide bonds. The number of fused-ring (bicyclic) bond motifs is 1. The molecule has 29 heavy (non-hydrogen) atoms. The summed E-state index contributed by atoms with van der Waals surface area (Å²) in [5.41, 5.74) is 2.07. The van der Waals surface area contributed by atoms with Crippen molar-refractivity contribution in [2.75, 3.05) is 0 Å². The van der Waals surface area contributed by atoms with Crippen molar-refractivity contribution in [3.8, 4) is 11.3 Å². The van der Waals surface area contributed by atoms with Crippen LogP contribution in [-0.2, 0) is 4.79 Å². The molecule has 0 aliphatic heterocycles. The Labute approximate surface area is 168 Å². The molecule has 0 atom stereocenters. The van der Waals surface area contributed by atoms with Crippen molar-refractivity contribution in [2.24, 2.45) is 0 Å². The summed E-state index contributed by atoms with van der Waals surface area (Å²) in [4.78, 5) is 26.8. The number of hydrogen-bond donors (Lipinski definition) is 2. The van der Waals surface area contributed by atoms with Gasteiger partial charge in [0.05, 0.1) is 5.56 Å². The van der Waals surface area contributed by atoms with Gasteiger partial charge >= 0.3 is 11.9 Å². The van der Waals surface area contributed by atoms with Crippen LogP contribution in [0.1, 0.15) is 16.1 Å². The summed E-state index contributed by atoms with van der Waals surface area (Å²) in [6, 6.07) is 16.7. The fourth-order valence-electron chi connectivity index (χ4n) is 2.62. The number of carbonyl (C=O) groups is 2. The lowest BCUT2D eigenvalue weighted by molar-refractivity contribution is -0.131. The van der Waals surface area contributed by atoms with Gasteiger partial charge in [0, 0.05) is 11.6 Å². The van der Waals surface area contributed by atoms with Gasteiger partial charge in [-0.2, -0.15) is 0 Å². The monoisotopic (exact) mass is 407 g/mol. The summed E-state index contributed by atoms with van der Waals surface area (Å²) in [6.45, 7) is 0. The predicted octanol–water partition coefficient (Wildman–Crippen LogP) is 5.00. The first-order valence-electron chi connectivity index (χ1n) is 8.41. The smallest absolute Gasteiger partial charge is 0.342 e. The molecule has 144 valence electrons. The molecule has 4 rings (SSSR count). The Balaban J connectivity index is 1.59. The number of aromatic nitrogens is 1. The van der Waals surface area contributed by atoms with Gasteiger partial charge in [0.1, 0.15) is 21.9 Å². The first-order chi connectivity index (χ1) is 14.0. The fourth-order valence-corrected chi connectivity index (χ4v) is 3.34. The second-order valence-electron chi connectivity index (χ2n) is 5.95. The molecule has 0 aliphatic rings. The van der Waals surface area contributed by atoms with Gasteiger partial charge in [0.25, 0.3) is 5.22 Å². The lowest BCUT2D eigenvalue weighted by Gasteiger charge is -1.99. The van der Waals surface area contributed by atoms with E-state index in [4.69, 9.17) is 13.9 Å². The standard InChI is InChI=1S/C21H13NO6S/c23-19(24)13-7-5-12(6-8-13)16-10-9-14(27-16)11-18(20(25)26)29-21-22-15-3-1-2-4-17(15)28-21/h1-11H,(H,23,24)(H,25,26)/b18-11+. The van der Waals surface area contributed by atoms with E-state index in [0.29, 0.717) is 28.2 Å². The van der Waals surface area contributed by atoms with Crippen LogP contribution < -0.4 is 0 Å². The van der Waals surface area contributed by atoms with Crippen LogP contribution in [0, 0.1) is 0 Å². The number of hydrogen-bond acceptors (Lipinski definition) is 6. The first kappa shape index (κ1) is 18.6. The molecule has 0 radical (unpaired) electrons. The van der Waals surface area contributed by atoms with E-state index in [9.17, 15) is 14.7 Å². The molecule has 0 bridgehead atoms. The molecule has 0 aliphatic carbocycles. The number of rotatable bonds is 6. The van der Waals surface area contributed by atoms with E-state index in [0.717, 1.165) is 11.8 Å². The van der Waals surface area contributed by atoms with E-state index in [1.54, 1.807) is 36.4 Å². The molecule has 0 fully saturated rings. The zero-order valence-electron chi connectivity index (χ0n) is 14.7. The summed E-state index contributed by atoms with van der Waals surface area (Å²) in [5.74, 6) is -1.32. The van der Waals surface area contributed by atoms with E-state index < -0.39 is 11.9 Å². The molecule has 0 unspecified atom stereocenters. The Morgan fingerprint density at radius 3 is 2.38 bits per heavy atom. The van der Waals surface area contributed by atoms with Crippen LogP contribution in [0.15, 0.2) is 79.6 Å². The number of carboxylic acid groups (broad SMARTS) is 2. The summed E-state index contributed by atoms with van der Waals surface area (Å²) in [5, 5.41) is 18.7. The van der Waals surface area contributed by atoms with Crippen molar-refractivity contribution in [1.82, 2.24) is 4.98 Å². The van der Waals surface area contributed by atoms with Gasteiger partial charge in [-0.05, 0) is 48.2 Å². The van der Waals surface area contributed by atoms with Gasteiger partial charge in [-0.15, -0.1) is 0 Å². The van der Waals surface area contributed by atoms with E-state index >= 15 is 0 Å². The van der Waals surface area contributed by atoms with Crippen molar-refractivity contribution in [3.63, 3.8) is 0 Å². The van der Waals surface area contributed by atoms with Crippen LogP contribution in [0.2, 0.25) is 0 Å². The highest BCUT2D eigenvalue weighted by molar-refractivity contribution is 8.03. The van der Waals surface area contributed by atoms with Crippen molar-refractivity contribution in [2.45, 2.75) is 5.22 Å². The maximum absolute atomic E-state index is 11.6. The summed E-state index contributed by atoms with van der Waals surface area (Å²) in [7, 11) is 0. The largest absolute Gasteiger partial charge is 0.478 e. The molecule has 2 heterocycles. The normalized spacial score (nSPS) is 11.7. The van der Waals surface area contributed by atoms with Gasteiger partial charge in [0.2, 0.25) is 0 Å². The number of nitrogens with zero attached hydrogens (tertiary/aromatic N) is 1. The predicted molar refractivity (Wildman–Crippen MR) is 107 cm³/mol. The molecule has 8 heteroatoms. The molecule has 4 aromatic rings. The average Bonchev–Trinajstić information content (AvgIpc) is 3.34. The zero-order chi connectivity index (χ0) is 20.4. The van der Waals surface area contributed by atoms with Gasteiger partial charge in [-0.3, -0.25) is 0 Å². The third-order valence-electron chi connectivity index (χ3n) is 4.00. The lowest BCUT2D eigenvalue weighted by Crippen LogP contribution is -1.96. The number of benzene rings is 2. The van der Waals surface area contributed by atoms with E-state index in [2.05, 4.69) is 4.98 Å². The van der Waals surface area contributed by atoms with Gasteiger partial charge in [-0.25, -0.2) is 14.6 Å². The number of oxazole rings is 1. The van der Waals surface area contributed by atoms with Gasteiger partial charge < -0.3 is 19.0 Å². The molecule has 7 nitrogen and oxygen atoms in total.